The smallest absolute Gasteiger partial charge is 0.268 e. The van der Waals surface area contributed by atoms with Crippen molar-refractivity contribution in [1.29, 1.82) is 0 Å². The molecule has 0 fully saturated rings. The van der Waals surface area contributed by atoms with Crippen LogP contribution in [0.2, 0.25) is 0 Å². The minimum Gasteiger partial charge on any atom is -0.268 e. The number of benzene rings is 1. The van der Waals surface area contributed by atoms with E-state index in [2.05, 4.69) is 22.0 Å². The Kier molecular flexibility index (Phi) is 4.57. The van der Waals surface area contributed by atoms with Gasteiger partial charge in [0.25, 0.3) is 5.56 Å². The van der Waals surface area contributed by atoms with Crippen LogP contribution in [-0.4, -0.2) is 27.6 Å². The molecule has 0 radical (unpaired) electrons. The maximum absolute atomic E-state index is 12.5. The fourth-order valence-electron chi connectivity index (χ4n) is 1.76. The van der Waals surface area contributed by atoms with Gasteiger partial charge in [-0.25, -0.2) is 9.66 Å². The highest BCUT2D eigenvalue weighted by molar-refractivity contribution is 8.13. The number of hydrogen-bond donors (Lipinski definition) is 1. The Balaban J connectivity index is 2.49. The van der Waals surface area contributed by atoms with E-state index in [1.807, 2.05) is 24.5 Å². The molecule has 1 aromatic heterocycles. The van der Waals surface area contributed by atoms with E-state index in [-0.39, 0.29) is 5.56 Å². The SMILES string of the molecule is C=CCN=C(Nn1c(C)nc2ccccc2c1=O)SC. The molecule has 0 atom stereocenters. The Bertz CT molecular complexity index is 721. The van der Waals surface area contributed by atoms with Crippen molar-refractivity contribution in [1.82, 2.24) is 9.66 Å². The summed E-state index contributed by atoms with van der Waals surface area (Å²) < 4.78 is 1.42. The van der Waals surface area contributed by atoms with Gasteiger partial charge in [-0.1, -0.05) is 30.0 Å². The standard InChI is InChI=1S/C14H16N4OS/c1-4-9-15-14(20-3)17-18-10(2)16-12-8-6-5-7-11(12)13(18)19/h4-8H,1,9H2,2-3H3,(H,15,17). The number of hydrogen-bond acceptors (Lipinski definition) is 4. The van der Waals surface area contributed by atoms with Gasteiger partial charge < -0.3 is 0 Å². The summed E-state index contributed by atoms with van der Waals surface area (Å²) >= 11 is 1.43. The van der Waals surface area contributed by atoms with Crippen molar-refractivity contribution < 1.29 is 0 Å². The number of aliphatic imine (C=N–C) groups is 1. The molecule has 0 bridgehead atoms. The van der Waals surface area contributed by atoms with E-state index in [1.54, 1.807) is 19.1 Å². The van der Waals surface area contributed by atoms with E-state index in [1.165, 1.54) is 16.4 Å². The van der Waals surface area contributed by atoms with Crippen molar-refractivity contribution in [3.63, 3.8) is 0 Å². The average molecular weight is 288 g/mol. The van der Waals surface area contributed by atoms with Gasteiger partial charge in [0.05, 0.1) is 17.4 Å². The van der Waals surface area contributed by atoms with E-state index >= 15 is 0 Å². The normalized spacial score (nSPS) is 11.6. The Labute approximate surface area is 121 Å². The number of amidine groups is 1. The van der Waals surface area contributed by atoms with Crippen LogP contribution in [0.15, 0.2) is 46.7 Å². The molecule has 0 aliphatic rings. The van der Waals surface area contributed by atoms with Crippen LogP contribution in [0.25, 0.3) is 10.9 Å². The number of nitrogens with zero attached hydrogens (tertiary/aromatic N) is 3. The lowest BCUT2D eigenvalue weighted by atomic mass is 10.2. The van der Waals surface area contributed by atoms with E-state index in [9.17, 15) is 4.79 Å². The Morgan fingerprint density at radius 3 is 3.00 bits per heavy atom. The molecule has 20 heavy (non-hydrogen) atoms. The molecular weight excluding hydrogens is 272 g/mol. The van der Waals surface area contributed by atoms with Gasteiger partial charge in [0.2, 0.25) is 0 Å². The molecule has 1 N–H and O–H groups in total. The molecule has 1 aromatic carbocycles. The Morgan fingerprint density at radius 2 is 2.30 bits per heavy atom. The molecule has 0 saturated heterocycles. The van der Waals surface area contributed by atoms with E-state index < -0.39 is 0 Å². The molecule has 1 heterocycles. The van der Waals surface area contributed by atoms with Crippen LogP contribution in [0, 0.1) is 6.92 Å². The first-order chi connectivity index (χ1) is 9.67. The van der Waals surface area contributed by atoms with Gasteiger partial charge in [0.1, 0.15) is 5.82 Å². The summed E-state index contributed by atoms with van der Waals surface area (Å²) in [5, 5.41) is 1.22. The third kappa shape index (κ3) is 2.91. The largest absolute Gasteiger partial charge is 0.280 e. The van der Waals surface area contributed by atoms with Crippen molar-refractivity contribution in [2.45, 2.75) is 6.92 Å². The first-order valence-corrected chi connectivity index (χ1v) is 7.34. The highest BCUT2D eigenvalue weighted by Gasteiger charge is 2.08. The summed E-state index contributed by atoms with van der Waals surface area (Å²) in [6.45, 7) is 5.91. The van der Waals surface area contributed by atoms with Gasteiger partial charge in [0, 0.05) is 0 Å². The topological polar surface area (TPSA) is 59.3 Å². The van der Waals surface area contributed by atoms with Gasteiger partial charge in [-0.2, -0.15) is 0 Å². The summed E-state index contributed by atoms with van der Waals surface area (Å²) in [6.07, 6.45) is 3.59. The van der Waals surface area contributed by atoms with Gasteiger partial charge in [0.15, 0.2) is 5.17 Å². The van der Waals surface area contributed by atoms with E-state index in [4.69, 9.17) is 0 Å². The van der Waals surface area contributed by atoms with E-state index in [0.29, 0.717) is 28.4 Å². The summed E-state index contributed by atoms with van der Waals surface area (Å²) in [6, 6.07) is 7.29. The summed E-state index contributed by atoms with van der Waals surface area (Å²) in [7, 11) is 0. The van der Waals surface area contributed by atoms with Gasteiger partial charge in [-0.05, 0) is 25.3 Å². The zero-order chi connectivity index (χ0) is 14.5. The van der Waals surface area contributed by atoms with Crippen LogP contribution in [-0.2, 0) is 0 Å². The Morgan fingerprint density at radius 1 is 1.55 bits per heavy atom. The number of rotatable bonds is 3. The molecule has 5 nitrogen and oxygen atoms in total. The molecule has 0 amide bonds. The zero-order valence-corrected chi connectivity index (χ0v) is 12.3. The van der Waals surface area contributed by atoms with Crippen LogP contribution >= 0.6 is 11.8 Å². The van der Waals surface area contributed by atoms with Crippen LogP contribution in [0.4, 0.5) is 0 Å². The first-order valence-electron chi connectivity index (χ1n) is 6.12. The summed E-state index contributed by atoms with van der Waals surface area (Å²) in [5.41, 5.74) is 3.56. The average Bonchev–Trinajstić information content (AvgIpc) is 2.46. The van der Waals surface area contributed by atoms with Gasteiger partial charge in [-0.3, -0.25) is 15.2 Å². The summed E-state index contributed by atoms with van der Waals surface area (Å²) in [4.78, 5) is 21.2. The molecule has 6 heteroatoms. The number of para-hydroxylation sites is 1. The number of fused-ring (bicyclic) bond motifs is 1. The highest BCUT2D eigenvalue weighted by Crippen LogP contribution is 2.07. The van der Waals surface area contributed by atoms with Crippen LogP contribution in [0.5, 0.6) is 0 Å². The van der Waals surface area contributed by atoms with Gasteiger partial charge >= 0.3 is 0 Å². The molecule has 0 aliphatic heterocycles. The molecule has 104 valence electrons. The first kappa shape index (κ1) is 14.3. The van der Waals surface area contributed by atoms with Crippen LogP contribution < -0.4 is 11.0 Å². The van der Waals surface area contributed by atoms with Crippen molar-refractivity contribution in [3.05, 3.63) is 53.1 Å². The van der Waals surface area contributed by atoms with Crippen LogP contribution in [0.1, 0.15) is 5.82 Å². The van der Waals surface area contributed by atoms with Crippen molar-refractivity contribution >= 4 is 27.8 Å². The second-order valence-electron chi connectivity index (χ2n) is 4.07. The molecule has 0 spiro atoms. The van der Waals surface area contributed by atoms with Crippen molar-refractivity contribution in [3.8, 4) is 0 Å². The van der Waals surface area contributed by atoms with E-state index in [0.717, 1.165) is 0 Å². The minimum atomic E-state index is -0.131. The fraction of sp³-hybridized carbons (Fsp3) is 0.214. The van der Waals surface area contributed by atoms with Crippen LogP contribution in [0.3, 0.4) is 0 Å². The lowest BCUT2D eigenvalue weighted by Gasteiger charge is -2.13. The summed E-state index contributed by atoms with van der Waals surface area (Å²) in [5.74, 6) is 0.592. The second-order valence-corrected chi connectivity index (χ2v) is 4.86. The fourth-order valence-corrected chi connectivity index (χ4v) is 2.15. The molecular formula is C14H16N4OS. The Hall–Kier alpha value is -2.08. The number of thioether (sulfide) groups is 1. The maximum Gasteiger partial charge on any atom is 0.280 e. The maximum atomic E-state index is 12.5. The predicted octanol–water partition coefficient (Wildman–Crippen LogP) is 2.15. The molecule has 2 rings (SSSR count). The minimum absolute atomic E-state index is 0.131. The predicted molar refractivity (Wildman–Crippen MR) is 86.1 cm³/mol. The van der Waals surface area contributed by atoms with Crippen molar-refractivity contribution in [2.24, 2.45) is 4.99 Å². The zero-order valence-electron chi connectivity index (χ0n) is 11.5. The second kappa shape index (κ2) is 6.38. The molecule has 0 unspecified atom stereocenters. The number of aromatic nitrogens is 2. The lowest BCUT2D eigenvalue weighted by Crippen LogP contribution is -2.34. The molecule has 0 aliphatic carbocycles. The third-order valence-corrected chi connectivity index (χ3v) is 3.32. The quantitative estimate of drug-likeness (QED) is 0.534. The van der Waals surface area contributed by atoms with Gasteiger partial charge in [-0.15, -0.1) is 6.58 Å². The molecule has 0 saturated carbocycles. The highest BCUT2D eigenvalue weighted by atomic mass is 32.2. The monoisotopic (exact) mass is 288 g/mol. The number of aryl methyl sites for hydroxylation is 1. The lowest BCUT2D eigenvalue weighted by molar-refractivity contribution is 0.838. The number of nitrogens with one attached hydrogen (secondary N) is 1. The van der Waals surface area contributed by atoms with Crippen molar-refractivity contribution in [2.75, 3.05) is 18.2 Å². The third-order valence-electron chi connectivity index (χ3n) is 2.71. The molecule has 2 aromatic rings.